The second kappa shape index (κ2) is 4.78. The summed E-state index contributed by atoms with van der Waals surface area (Å²) in [7, 11) is 0. The van der Waals surface area contributed by atoms with Gasteiger partial charge in [-0.3, -0.25) is 0 Å². The summed E-state index contributed by atoms with van der Waals surface area (Å²) < 4.78 is 0. The summed E-state index contributed by atoms with van der Waals surface area (Å²) in [5.74, 6) is 1.32. The minimum Gasteiger partial charge on any atom is -0.366 e. The monoisotopic (exact) mass is 220 g/mol. The van der Waals surface area contributed by atoms with E-state index in [2.05, 4.69) is 41.0 Å². The smallest absolute Gasteiger partial charge is 0.130 e. The van der Waals surface area contributed by atoms with E-state index in [-0.39, 0.29) is 0 Å². The third-order valence-electron chi connectivity index (χ3n) is 2.91. The Hall–Kier alpha value is -1.16. The Labute approximate surface area is 97.1 Å². The van der Waals surface area contributed by atoms with E-state index in [0.29, 0.717) is 12.0 Å². The molecule has 0 radical (unpaired) electrons. The molecule has 1 aliphatic rings. The summed E-state index contributed by atoms with van der Waals surface area (Å²) >= 11 is 0. The molecule has 1 N–H and O–H groups in total. The third kappa shape index (κ3) is 2.50. The first kappa shape index (κ1) is 11.3. The van der Waals surface area contributed by atoms with E-state index in [9.17, 15) is 0 Å². The SMILES string of the molecule is CC(C)c1ncc(N2CCN[C@H](C)C2)cn1. The van der Waals surface area contributed by atoms with Crippen LogP contribution in [0.15, 0.2) is 12.4 Å². The Balaban J connectivity index is 2.09. The maximum Gasteiger partial charge on any atom is 0.130 e. The zero-order valence-electron chi connectivity index (χ0n) is 10.3. The third-order valence-corrected chi connectivity index (χ3v) is 2.91. The molecule has 0 saturated carbocycles. The second-order valence-electron chi connectivity index (χ2n) is 4.76. The minimum atomic E-state index is 0.399. The van der Waals surface area contributed by atoms with Crippen molar-refractivity contribution in [2.45, 2.75) is 32.7 Å². The quantitative estimate of drug-likeness (QED) is 0.818. The zero-order chi connectivity index (χ0) is 11.5. The molecule has 4 nitrogen and oxygen atoms in total. The normalized spacial score (nSPS) is 21.5. The van der Waals surface area contributed by atoms with Crippen LogP contribution in [0, 0.1) is 0 Å². The van der Waals surface area contributed by atoms with Crippen LogP contribution in [0.1, 0.15) is 32.5 Å². The average Bonchev–Trinajstić information content (AvgIpc) is 2.29. The van der Waals surface area contributed by atoms with E-state index in [1.165, 1.54) is 0 Å². The highest BCUT2D eigenvalue weighted by atomic mass is 15.2. The van der Waals surface area contributed by atoms with Crippen LogP contribution in [0.3, 0.4) is 0 Å². The standard InChI is InChI=1S/C12H20N4/c1-9(2)12-14-6-11(7-15-12)16-5-4-13-10(3)8-16/h6-7,9-10,13H,4-5,8H2,1-3H3/t10-/m1/s1. The van der Waals surface area contributed by atoms with Gasteiger partial charge in [0.15, 0.2) is 0 Å². The van der Waals surface area contributed by atoms with E-state index in [0.717, 1.165) is 31.1 Å². The predicted octanol–water partition coefficient (Wildman–Crippen LogP) is 1.40. The van der Waals surface area contributed by atoms with Crippen LogP contribution in [0.2, 0.25) is 0 Å². The highest BCUT2D eigenvalue weighted by Crippen LogP contribution is 2.15. The van der Waals surface area contributed by atoms with Crippen molar-refractivity contribution in [3.8, 4) is 0 Å². The maximum absolute atomic E-state index is 4.41. The van der Waals surface area contributed by atoms with Crippen molar-refractivity contribution >= 4 is 5.69 Å². The van der Waals surface area contributed by atoms with Gasteiger partial charge in [-0.25, -0.2) is 9.97 Å². The molecular weight excluding hydrogens is 200 g/mol. The predicted molar refractivity (Wildman–Crippen MR) is 65.8 cm³/mol. The van der Waals surface area contributed by atoms with Crippen LogP contribution in [-0.4, -0.2) is 35.6 Å². The van der Waals surface area contributed by atoms with Gasteiger partial charge in [0.2, 0.25) is 0 Å². The van der Waals surface area contributed by atoms with Crippen molar-refractivity contribution in [2.75, 3.05) is 24.5 Å². The van der Waals surface area contributed by atoms with Gasteiger partial charge >= 0.3 is 0 Å². The molecule has 2 rings (SSSR count). The fourth-order valence-electron chi connectivity index (χ4n) is 1.96. The molecule has 16 heavy (non-hydrogen) atoms. The highest BCUT2D eigenvalue weighted by Gasteiger charge is 2.16. The fraction of sp³-hybridized carbons (Fsp3) is 0.667. The molecule has 2 heterocycles. The van der Waals surface area contributed by atoms with Crippen molar-refractivity contribution in [3.05, 3.63) is 18.2 Å². The van der Waals surface area contributed by atoms with Gasteiger partial charge in [0, 0.05) is 31.6 Å². The Bertz CT molecular complexity index is 333. The number of anilines is 1. The van der Waals surface area contributed by atoms with Crippen molar-refractivity contribution < 1.29 is 0 Å². The molecule has 1 atom stereocenters. The fourth-order valence-corrected chi connectivity index (χ4v) is 1.96. The Morgan fingerprint density at radius 1 is 1.38 bits per heavy atom. The number of hydrogen-bond acceptors (Lipinski definition) is 4. The van der Waals surface area contributed by atoms with Gasteiger partial charge in [-0.15, -0.1) is 0 Å². The lowest BCUT2D eigenvalue weighted by molar-refractivity contribution is 0.484. The first-order valence-corrected chi connectivity index (χ1v) is 5.97. The van der Waals surface area contributed by atoms with Gasteiger partial charge in [-0.05, 0) is 6.92 Å². The molecular formula is C12H20N4. The van der Waals surface area contributed by atoms with E-state index in [1.807, 2.05) is 12.4 Å². The van der Waals surface area contributed by atoms with E-state index < -0.39 is 0 Å². The molecule has 0 aromatic carbocycles. The lowest BCUT2D eigenvalue weighted by Crippen LogP contribution is -2.49. The zero-order valence-corrected chi connectivity index (χ0v) is 10.3. The molecule has 1 aliphatic heterocycles. The van der Waals surface area contributed by atoms with Crippen molar-refractivity contribution in [3.63, 3.8) is 0 Å². The molecule has 1 aromatic heterocycles. The van der Waals surface area contributed by atoms with Crippen LogP contribution in [-0.2, 0) is 0 Å². The number of nitrogens with zero attached hydrogens (tertiary/aromatic N) is 3. The topological polar surface area (TPSA) is 41.1 Å². The molecule has 0 unspecified atom stereocenters. The van der Waals surface area contributed by atoms with Crippen LogP contribution in [0.25, 0.3) is 0 Å². The highest BCUT2D eigenvalue weighted by molar-refractivity contribution is 5.42. The number of hydrogen-bond donors (Lipinski definition) is 1. The van der Waals surface area contributed by atoms with E-state index in [4.69, 9.17) is 0 Å². The maximum atomic E-state index is 4.41. The summed E-state index contributed by atoms with van der Waals surface area (Å²) in [5, 5.41) is 3.43. The van der Waals surface area contributed by atoms with Crippen LogP contribution >= 0.6 is 0 Å². The Kier molecular flexibility index (Phi) is 3.39. The van der Waals surface area contributed by atoms with Gasteiger partial charge in [0.1, 0.15) is 5.82 Å². The second-order valence-corrected chi connectivity index (χ2v) is 4.76. The average molecular weight is 220 g/mol. The van der Waals surface area contributed by atoms with Crippen LogP contribution in [0.5, 0.6) is 0 Å². The van der Waals surface area contributed by atoms with Gasteiger partial charge in [-0.2, -0.15) is 0 Å². The largest absolute Gasteiger partial charge is 0.366 e. The lowest BCUT2D eigenvalue weighted by Gasteiger charge is -2.33. The van der Waals surface area contributed by atoms with E-state index >= 15 is 0 Å². The van der Waals surface area contributed by atoms with Gasteiger partial charge in [-0.1, -0.05) is 13.8 Å². The summed E-state index contributed by atoms with van der Waals surface area (Å²) in [6, 6.07) is 0.540. The number of rotatable bonds is 2. The van der Waals surface area contributed by atoms with Gasteiger partial charge in [0.05, 0.1) is 18.1 Å². The molecule has 0 amide bonds. The van der Waals surface area contributed by atoms with Crippen molar-refractivity contribution in [1.82, 2.24) is 15.3 Å². The molecule has 4 heteroatoms. The first-order valence-electron chi connectivity index (χ1n) is 5.97. The molecule has 1 fully saturated rings. The number of aromatic nitrogens is 2. The summed E-state index contributed by atoms with van der Waals surface area (Å²) in [6.45, 7) is 9.53. The molecule has 1 aromatic rings. The first-order chi connectivity index (χ1) is 7.66. The molecule has 88 valence electrons. The molecule has 0 spiro atoms. The van der Waals surface area contributed by atoms with Crippen molar-refractivity contribution in [1.29, 1.82) is 0 Å². The number of nitrogens with one attached hydrogen (secondary N) is 1. The summed E-state index contributed by atoms with van der Waals surface area (Å²) in [4.78, 5) is 11.1. The van der Waals surface area contributed by atoms with Crippen LogP contribution < -0.4 is 10.2 Å². The van der Waals surface area contributed by atoms with Crippen LogP contribution in [0.4, 0.5) is 5.69 Å². The minimum absolute atomic E-state index is 0.399. The molecule has 1 saturated heterocycles. The molecule has 0 aliphatic carbocycles. The number of piperazine rings is 1. The lowest BCUT2D eigenvalue weighted by atomic mass is 10.2. The summed E-state index contributed by atoms with van der Waals surface area (Å²) in [6.07, 6.45) is 3.89. The molecule has 0 bridgehead atoms. The van der Waals surface area contributed by atoms with E-state index in [1.54, 1.807) is 0 Å². The Morgan fingerprint density at radius 3 is 2.62 bits per heavy atom. The summed E-state index contributed by atoms with van der Waals surface area (Å²) in [5.41, 5.74) is 1.14. The van der Waals surface area contributed by atoms with Crippen molar-refractivity contribution in [2.24, 2.45) is 0 Å². The Morgan fingerprint density at radius 2 is 2.06 bits per heavy atom. The van der Waals surface area contributed by atoms with Gasteiger partial charge in [0.25, 0.3) is 0 Å². The van der Waals surface area contributed by atoms with Gasteiger partial charge < -0.3 is 10.2 Å².